The van der Waals surface area contributed by atoms with Gasteiger partial charge in [-0.3, -0.25) is 4.84 Å². The number of nitrogens with one attached hydrogen (secondary N) is 2. The summed E-state index contributed by atoms with van der Waals surface area (Å²) in [5.74, 6) is -1.21. The molecule has 2 aliphatic rings. The van der Waals surface area contributed by atoms with Crippen molar-refractivity contribution in [2.75, 3.05) is 19.8 Å². The Labute approximate surface area is 186 Å². The third-order valence-electron chi connectivity index (χ3n) is 5.82. The van der Waals surface area contributed by atoms with Crippen LogP contribution in [-0.4, -0.2) is 49.3 Å². The second-order valence-electron chi connectivity index (χ2n) is 7.96. The summed E-state index contributed by atoms with van der Waals surface area (Å²) < 4.78 is 10.9. The van der Waals surface area contributed by atoms with E-state index in [0.717, 1.165) is 41.5 Å². The molecule has 0 saturated carbocycles. The Morgan fingerprint density at radius 1 is 1.06 bits per heavy atom. The standard InChI is InChI=1S/C24H28N2O6/c27-23(28)21(12-13-25-32-22-11-5-6-14-30-22)26-24(29)31-15-20-18-9-3-1-7-16(18)17-8-2-4-10-19(17)20/h1-4,7-10,20-22,25H,5-6,11-15H2,(H,26,29)(H,27,28). The van der Waals surface area contributed by atoms with Crippen LogP contribution in [0.15, 0.2) is 48.5 Å². The lowest BCUT2D eigenvalue weighted by atomic mass is 9.98. The summed E-state index contributed by atoms with van der Waals surface area (Å²) in [6.07, 6.45) is 1.93. The number of carbonyl (C=O) groups excluding carboxylic acids is 1. The molecule has 2 aromatic carbocycles. The van der Waals surface area contributed by atoms with E-state index in [2.05, 4.69) is 22.9 Å². The lowest BCUT2D eigenvalue weighted by Crippen LogP contribution is -2.43. The van der Waals surface area contributed by atoms with E-state index in [1.807, 2.05) is 36.4 Å². The molecule has 0 radical (unpaired) electrons. The van der Waals surface area contributed by atoms with Crippen molar-refractivity contribution in [3.05, 3.63) is 59.7 Å². The zero-order valence-electron chi connectivity index (χ0n) is 17.8. The number of benzene rings is 2. The van der Waals surface area contributed by atoms with Gasteiger partial charge < -0.3 is 19.9 Å². The monoisotopic (exact) mass is 440 g/mol. The van der Waals surface area contributed by atoms with E-state index in [1.54, 1.807) is 0 Å². The largest absolute Gasteiger partial charge is 0.480 e. The fraction of sp³-hybridized carbons (Fsp3) is 0.417. The highest BCUT2D eigenvalue weighted by molar-refractivity contribution is 5.81. The van der Waals surface area contributed by atoms with Gasteiger partial charge in [-0.1, -0.05) is 48.5 Å². The summed E-state index contributed by atoms with van der Waals surface area (Å²) in [6.45, 7) is 1.04. The summed E-state index contributed by atoms with van der Waals surface area (Å²) in [5, 5.41) is 11.9. The molecule has 1 fully saturated rings. The van der Waals surface area contributed by atoms with Gasteiger partial charge in [-0.15, -0.1) is 0 Å². The van der Waals surface area contributed by atoms with Crippen LogP contribution in [0.4, 0.5) is 4.79 Å². The maximum Gasteiger partial charge on any atom is 0.407 e. The summed E-state index contributed by atoms with van der Waals surface area (Å²) in [7, 11) is 0. The Bertz CT molecular complexity index is 898. The van der Waals surface area contributed by atoms with E-state index in [-0.39, 0.29) is 31.8 Å². The van der Waals surface area contributed by atoms with Crippen LogP contribution in [0.5, 0.6) is 0 Å². The first kappa shape index (κ1) is 22.3. The molecule has 3 N–H and O–H groups in total. The lowest BCUT2D eigenvalue weighted by molar-refractivity contribution is -0.196. The highest BCUT2D eigenvalue weighted by Gasteiger charge is 2.29. The second-order valence-corrected chi connectivity index (χ2v) is 7.96. The number of aliphatic carboxylic acids is 1. The molecule has 4 rings (SSSR count). The third kappa shape index (κ3) is 5.27. The van der Waals surface area contributed by atoms with Gasteiger partial charge in [-0.05, 0) is 41.5 Å². The molecule has 32 heavy (non-hydrogen) atoms. The normalized spacial score (nSPS) is 18.4. The molecular weight excluding hydrogens is 412 g/mol. The molecule has 8 nitrogen and oxygen atoms in total. The average molecular weight is 440 g/mol. The van der Waals surface area contributed by atoms with Crippen molar-refractivity contribution in [3.63, 3.8) is 0 Å². The Morgan fingerprint density at radius 3 is 2.38 bits per heavy atom. The molecule has 8 heteroatoms. The van der Waals surface area contributed by atoms with Crippen molar-refractivity contribution in [3.8, 4) is 11.1 Å². The van der Waals surface area contributed by atoms with Crippen molar-refractivity contribution in [1.29, 1.82) is 0 Å². The maximum absolute atomic E-state index is 12.4. The minimum Gasteiger partial charge on any atom is -0.480 e. The lowest BCUT2D eigenvalue weighted by Gasteiger charge is -2.23. The Hall–Kier alpha value is -2.94. The minimum absolute atomic E-state index is 0.0815. The summed E-state index contributed by atoms with van der Waals surface area (Å²) >= 11 is 0. The summed E-state index contributed by atoms with van der Waals surface area (Å²) in [4.78, 5) is 29.3. The van der Waals surface area contributed by atoms with E-state index in [4.69, 9.17) is 14.3 Å². The van der Waals surface area contributed by atoms with Gasteiger partial charge in [-0.2, -0.15) is 5.48 Å². The van der Waals surface area contributed by atoms with Crippen molar-refractivity contribution >= 4 is 12.1 Å². The predicted molar refractivity (Wildman–Crippen MR) is 117 cm³/mol. The van der Waals surface area contributed by atoms with Gasteiger partial charge in [0.2, 0.25) is 0 Å². The third-order valence-corrected chi connectivity index (χ3v) is 5.82. The fourth-order valence-electron chi connectivity index (χ4n) is 4.20. The highest BCUT2D eigenvalue weighted by Crippen LogP contribution is 2.44. The quantitative estimate of drug-likeness (QED) is 0.405. The van der Waals surface area contributed by atoms with Crippen LogP contribution in [-0.2, 0) is 19.1 Å². The zero-order valence-corrected chi connectivity index (χ0v) is 17.8. The topological polar surface area (TPSA) is 106 Å². The number of rotatable bonds is 9. The fourth-order valence-corrected chi connectivity index (χ4v) is 4.20. The number of hydroxylamine groups is 1. The molecule has 0 spiro atoms. The van der Waals surface area contributed by atoms with Crippen molar-refractivity contribution in [1.82, 2.24) is 10.8 Å². The number of hydrogen-bond acceptors (Lipinski definition) is 6. The van der Waals surface area contributed by atoms with Crippen LogP contribution in [0.25, 0.3) is 11.1 Å². The first-order valence-electron chi connectivity index (χ1n) is 11.0. The van der Waals surface area contributed by atoms with Crippen molar-refractivity contribution in [2.24, 2.45) is 0 Å². The molecule has 0 bridgehead atoms. The van der Waals surface area contributed by atoms with Gasteiger partial charge >= 0.3 is 12.1 Å². The first-order chi connectivity index (χ1) is 15.6. The summed E-state index contributed by atoms with van der Waals surface area (Å²) in [5.41, 5.74) is 7.20. The van der Waals surface area contributed by atoms with Crippen LogP contribution in [0.1, 0.15) is 42.7 Å². The number of ether oxygens (including phenoxy) is 2. The average Bonchev–Trinajstić information content (AvgIpc) is 3.14. The molecule has 2 unspecified atom stereocenters. The second kappa shape index (κ2) is 10.6. The molecule has 1 aliphatic heterocycles. The SMILES string of the molecule is O=C(NC(CCNOC1CCCCO1)C(=O)O)OCC1c2ccccc2-c2ccccc21. The first-order valence-corrected chi connectivity index (χ1v) is 11.0. The summed E-state index contributed by atoms with van der Waals surface area (Å²) in [6, 6.07) is 15.0. The van der Waals surface area contributed by atoms with Gasteiger partial charge in [0.05, 0.1) is 0 Å². The number of amides is 1. The number of alkyl carbamates (subject to hydrolysis) is 1. The number of carbonyl (C=O) groups is 2. The van der Waals surface area contributed by atoms with Gasteiger partial charge in [0.1, 0.15) is 12.6 Å². The molecule has 1 saturated heterocycles. The van der Waals surface area contributed by atoms with E-state index < -0.39 is 18.1 Å². The van der Waals surface area contributed by atoms with Crippen LogP contribution in [0.2, 0.25) is 0 Å². The van der Waals surface area contributed by atoms with E-state index >= 15 is 0 Å². The van der Waals surface area contributed by atoms with E-state index in [0.29, 0.717) is 6.61 Å². The molecular formula is C24H28N2O6. The predicted octanol–water partition coefficient (Wildman–Crippen LogP) is 3.42. The number of hydrogen-bond donors (Lipinski definition) is 3. The highest BCUT2D eigenvalue weighted by atomic mass is 16.8. The minimum atomic E-state index is -1.13. The molecule has 0 aromatic heterocycles. The molecule has 1 aliphatic carbocycles. The van der Waals surface area contributed by atoms with Crippen LogP contribution in [0.3, 0.4) is 0 Å². The van der Waals surface area contributed by atoms with Gasteiger partial charge in [-0.25, -0.2) is 9.59 Å². The number of carboxylic acid groups (broad SMARTS) is 1. The molecule has 170 valence electrons. The van der Waals surface area contributed by atoms with Gasteiger partial charge in [0, 0.05) is 25.5 Å². The van der Waals surface area contributed by atoms with E-state index in [9.17, 15) is 14.7 Å². The number of fused-ring (bicyclic) bond motifs is 3. The van der Waals surface area contributed by atoms with E-state index in [1.165, 1.54) is 0 Å². The van der Waals surface area contributed by atoms with Crippen LogP contribution < -0.4 is 10.8 Å². The molecule has 1 amide bonds. The maximum atomic E-state index is 12.4. The Balaban J connectivity index is 1.27. The molecule has 1 heterocycles. The van der Waals surface area contributed by atoms with Crippen LogP contribution in [0, 0.1) is 0 Å². The Kier molecular flexibility index (Phi) is 7.36. The molecule has 2 atom stereocenters. The molecule has 2 aromatic rings. The zero-order chi connectivity index (χ0) is 22.3. The number of carboxylic acids is 1. The van der Waals surface area contributed by atoms with Crippen molar-refractivity contribution < 1.29 is 29.0 Å². The van der Waals surface area contributed by atoms with Crippen molar-refractivity contribution in [2.45, 2.75) is 43.9 Å². The smallest absolute Gasteiger partial charge is 0.407 e. The van der Waals surface area contributed by atoms with Gasteiger partial charge in [0.15, 0.2) is 6.29 Å². The van der Waals surface area contributed by atoms with Gasteiger partial charge in [0.25, 0.3) is 0 Å². The Morgan fingerprint density at radius 2 is 1.75 bits per heavy atom. The van der Waals surface area contributed by atoms with Crippen LogP contribution >= 0.6 is 0 Å².